The Bertz CT molecular complexity index is 445. The van der Waals surface area contributed by atoms with Gasteiger partial charge in [-0.2, -0.15) is 0 Å². The number of hydrogen-bond acceptors (Lipinski definition) is 3. The quantitative estimate of drug-likeness (QED) is 0.796. The van der Waals surface area contributed by atoms with Gasteiger partial charge in [0.25, 0.3) is 0 Å². The second kappa shape index (κ2) is 7.65. The Balaban J connectivity index is 2.33. The van der Waals surface area contributed by atoms with Gasteiger partial charge in [0.1, 0.15) is 6.04 Å². The van der Waals surface area contributed by atoms with E-state index in [1.54, 1.807) is 25.2 Å². The standard InChI is InChI=1S/C13H18BrNO3S/c1-8(2)12(13(17)18)15-11(16)5-3-4-9-6-7-10(14)19-9/h6-8,12H,3-5H2,1-2H3,(H,15,16)(H,17,18)/t12-/m1/s1. The van der Waals surface area contributed by atoms with Crippen molar-refractivity contribution >= 4 is 39.1 Å². The first-order chi connectivity index (χ1) is 8.90. The minimum absolute atomic E-state index is 0.116. The van der Waals surface area contributed by atoms with Gasteiger partial charge >= 0.3 is 5.97 Å². The van der Waals surface area contributed by atoms with Gasteiger partial charge in [-0.15, -0.1) is 11.3 Å². The van der Waals surface area contributed by atoms with Crippen molar-refractivity contribution in [3.8, 4) is 0 Å². The van der Waals surface area contributed by atoms with Crippen molar-refractivity contribution in [3.63, 3.8) is 0 Å². The van der Waals surface area contributed by atoms with Crippen LogP contribution in [0, 0.1) is 5.92 Å². The Labute approximate surface area is 125 Å². The normalized spacial score (nSPS) is 12.4. The Morgan fingerprint density at radius 2 is 2.11 bits per heavy atom. The Kier molecular flexibility index (Phi) is 6.51. The molecular weight excluding hydrogens is 330 g/mol. The SMILES string of the molecule is CC(C)[C@@H](NC(=O)CCCc1ccc(Br)s1)C(=O)O. The lowest BCUT2D eigenvalue weighted by atomic mass is 10.0. The van der Waals surface area contributed by atoms with Gasteiger partial charge in [-0.1, -0.05) is 13.8 Å². The molecule has 1 aromatic heterocycles. The average Bonchev–Trinajstić information content (AvgIpc) is 2.71. The Morgan fingerprint density at radius 1 is 1.42 bits per heavy atom. The van der Waals surface area contributed by atoms with Crippen LogP contribution in [0.3, 0.4) is 0 Å². The van der Waals surface area contributed by atoms with Crippen molar-refractivity contribution in [3.05, 3.63) is 20.8 Å². The number of carboxylic acid groups (broad SMARTS) is 1. The number of amides is 1. The Morgan fingerprint density at radius 3 is 2.58 bits per heavy atom. The third kappa shape index (κ3) is 5.74. The van der Waals surface area contributed by atoms with Crippen LogP contribution in [0.1, 0.15) is 31.6 Å². The van der Waals surface area contributed by atoms with Gasteiger partial charge in [0.05, 0.1) is 3.79 Å². The second-order valence-electron chi connectivity index (χ2n) is 4.69. The summed E-state index contributed by atoms with van der Waals surface area (Å²) < 4.78 is 1.08. The van der Waals surface area contributed by atoms with Crippen molar-refractivity contribution < 1.29 is 14.7 Å². The molecule has 0 aliphatic heterocycles. The van der Waals surface area contributed by atoms with E-state index in [-0.39, 0.29) is 11.8 Å². The Hall–Kier alpha value is -0.880. The lowest BCUT2D eigenvalue weighted by Gasteiger charge is -2.17. The minimum atomic E-state index is -0.981. The molecule has 0 aliphatic rings. The van der Waals surface area contributed by atoms with Crippen molar-refractivity contribution in [2.75, 3.05) is 0 Å². The largest absolute Gasteiger partial charge is 0.480 e. The molecule has 0 saturated carbocycles. The molecule has 1 atom stereocenters. The predicted octanol–water partition coefficient (Wildman–Crippen LogP) is 3.06. The van der Waals surface area contributed by atoms with Crippen LogP contribution >= 0.6 is 27.3 Å². The average molecular weight is 348 g/mol. The zero-order valence-electron chi connectivity index (χ0n) is 11.0. The molecule has 1 amide bonds. The van der Waals surface area contributed by atoms with Gasteiger partial charge < -0.3 is 10.4 Å². The zero-order valence-corrected chi connectivity index (χ0v) is 13.4. The van der Waals surface area contributed by atoms with Gasteiger partial charge in [-0.3, -0.25) is 4.79 Å². The highest BCUT2D eigenvalue weighted by Gasteiger charge is 2.22. The fraction of sp³-hybridized carbons (Fsp3) is 0.538. The van der Waals surface area contributed by atoms with Crippen molar-refractivity contribution in [2.24, 2.45) is 5.92 Å². The van der Waals surface area contributed by atoms with Crippen molar-refractivity contribution in [1.82, 2.24) is 5.32 Å². The van der Waals surface area contributed by atoms with Crippen LogP contribution in [0.25, 0.3) is 0 Å². The topological polar surface area (TPSA) is 66.4 Å². The first-order valence-corrected chi connectivity index (χ1v) is 7.77. The minimum Gasteiger partial charge on any atom is -0.480 e. The van der Waals surface area contributed by atoms with Crippen LogP contribution in [0.2, 0.25) is 0 Å². The summed E-state index contributed by atoms with van der Waals surface area (Å²) in [6.07, 6.45) is 1.92. The smallest absolute Gasteiger partial charge is 0.326 e. The number of aryl methyl sites for hydroxylation is 1. The van der Waals surface area contributed by atoms with E-state index in [1.165, 1.54) is 4.88 Å². The number of hydrogen-bond donors (Lipinski definition) is 2. The maximum atomic E-state index is 11.7. The molecule has 0 unspecified atom stereocenters. The van der Waals surface area contributed by atoms with E-state index in [2.05, 4.69) is 21.2 Å². The number of rotatable bonds is 7. The van der Waals surface area contributed by atoms with Gasteiger partial charge in [0, 0.05) is 11.3 Å². The molecule has 1 aromatic rings. The van der Waals surface area contributed by atoms with Gasteiger partial charge in [-0.05, 0) is 46.8 Å². The summed E-state index contributed by atoms with van der Waals surface area (Å²) in [5.41, 5.74) is 0. The molecular formula is C13H18BrNO3S. The molecule has 0 radical (unpaired) electrons. The third-order valence-corrected chi connectivity index (χ3v) is 4.39. The van der Waals surface area contributed by atoms with Gasteiger partial charge in [0.15, 0.2) is 0 Å². The van der Waals surface area contributed by atoms with E-state index >= 15 is 0 Å². The van der Waals surface area contributed by atoms with Crippen LogP contribution in [0.5, 0.6) is 0 Å². The molecule has 4 nitrogen and oxygen atoms in total. The number of aliphatic carboxylic acids is 1. The lowest BCUT2D eigenvalue weighted by Crippen LogP contribution is -2.44. The number of thiophene rings is 1. The summed E-state index contributed by atoms with van der Waals surface area (Å²) in [7, 11) is 0. The first-order valence-electron chi connectivity index (χ1n) is 6.16. The molecule has 0 fully saturated rings. The van der Waals surface area contributed by atoms with Crippen LogP contribution in [0.4, 0.5) is 0 Å². The van der Waals surface area contributed by atoms with Gasteiger partial charge in [0.2, 0.25) is 5.91 Å². The zero-order chi connectivity index (χ0) is 14.4. The van der Waals surface area contributed by atoms with Crippen LogP contribution < -0.4 is 5.32 Å². The maximum Gasteiger partial charge on any atom is 0.326 e. The van der Waals surface area contributed by atoms with Crippen molar-refractivity contribution in [1.29, 1.82) is 0 Å². The molecule has 19 heavy (non-hydrogen) atoms. The molecule has 1 rings (SSSR count). The van der Waals surface area contributed by atoms with Crippen molar-refractivity contribution in [2.45, 2.75) is 39.2 Å². The fourth-order valence-corrected chi connectivity index (χ4v) is 3.19. The third-order valence-electron chi connectivity index (χ3n) is 2.71. The van der Waals surface area contributed by atoms with E-state index in [4.69, 9.17) is 5.11 Å². The number of nitrogens with one attached hydrogen (secondary N) is 1. The van der Waals surface area contributed by atoms with E-state index in [0.717, 1.165) is 16.6 Å². The van der Waals surface area contributed by atoms with Gasteiger partial charge in [-0.25, -0.2) is 4.79 Å². The molecule has 6 heteroatoms. The second-order valence-corrected chi connectivity index (χ2v) is 7.23. The summed E-state index contributed by atoms with van der Waals surface area (Å²) in [6.45, 7) is 3.56. The predicted molar refractivity (Wildman–Crippen MR) is 79.4 cm³/mol. The van der Waals surface area contributed by atoms with E-state index in [0.29, 0.717) is 6.42 Å². The molecule has 1 heterocycles. The number of carboxylic acids is 1. The summed E-state index contributed by atoms with van der Waals surface area (Å²) in [4.78, 5) is 23.9. The summed E-state index contributed by atoms with van der Waals surface area (Å²) in [5, 5.41) is 11.5. The number of halogens is 1. The molecule has 0 aromatic carbocycles. The molecule has 0 bridgehead atoms. The first kappa shape index (κ1) is 16.2. The molecule has 0 spiro atoms. The highest BCUT2D eigenvalue weighted by Crippen LogP contribution is 2.23. The molecule has 106 valence electrons. The molecule has 0 saturated heterocycles. The summed E-state index contributed by atoms with van der Waals surface area (Å²) in [6, 6.07) is 3.21. The van der Waals surface area contributed by atoms with E-state index in [1.807, 2.05) is 12.1 Å². The highest BCUT2D eigenvalue weighted by atomic mass is 79.9. The summed E-state index contributed by atoms with van der Waals surface area (Å²) >= 11 is 5.05. The number of carbonyl (C=O) groups excluding carboxylic acids is 1. The van der Waals surface area contributed by atoms with Crippen LogP contribution in [-0.4, -0.2) is 23.0 Å². The molecule has 2 N–H and O–H groups in total. The van der Waals surface area contributed by atoms with E-state index in [9.17, 15) is 9.59 Å². The highest BCUT2D eigenvalue weighted by molar-refractivity contribution is 9.11. The monoisotopic (exact) mass is 347 g/mol. The molecule has 0 aliphatic carbocycles. The maximum absolute atomic E-state index is 11.7. The fourth-order valence-electron chi connectivity index (χ4n) is 1.67. The summed E-state index contributed by atoms with van der Waals surface area (Å²) in [5.74, 6) is -1.29. The van der Waals surface area contributed by atoms with Crippen LogP contribution in [0.15, 0.2) is 15.9 Å². The van der Waals surface area contributed by atoms with Crippen LogP contribution in [-0.2, 0) is 16.0 Å². The number of carbonyl (C=O) groups is 2. The van der Waals surface area contributed by atoms with E-state index < -0.39 is 12.0 Å². The lowest BCUT2D eigenvalue weighted by molar-refractivity contribution is -0.143.